The Morgan fingerprint density at radius 1 is 0.438 bits per heavy atom. The summed E-state index contributed by atoms with van der Waals surface area (Å²) in [6.07, 6.45) is 0. The van der Waals surface area contributed by atoms with Gasteiger partial charge in [0.15, 0.2) is 0 Å². The molecule has 4 nitrogen and oxygen atoms in total. The Morgan fingerprint density at radius 2 is 0.729 bits per heavy atom. The van der Waals surface area contributed by atoms with Crippen LogP contribution < -0.4 is 0 Å². The molecule has 0 aliphatic heterocycles. The van der Waals surface area contributed by atoms with Gasteiger partial charge in [-0.05, 0) is 61.2 Å². The Balaban J connectivity index is 1.93. The number of methoxy groups -OCH3 is 2. The minimum atomic E-state index is -1.95. The SMILES string of the molecule is COC1(c2ccccc2)C#CC(O)(c2ccccc2)C#CC(=C(C)C)C#CC(O)(c2ccccc2)C#CC(OC)(c2ccccc2)C#C1. The van der Waals surface area contributed by atoms with Crippen molar-refractivity contribution in [1.29, 1.82) is 0 Å². The van der Waals surface area contributed by atoms with Crippen molar-refractivity contribution in [2.75, 3.05) is 14.2 Å². The van der Waals surface area contributed by atoms with Crippen molar-refractivity contribution in [3.8, 4) is 59.2 Å². The first-order valence-corrected chi connectivity index (χ1v) is 15.3. The summed E-state index contributed by atoms with van der Waals surface area (Å²) in [5, 5.41) is 24.3. The number of allylic oxidation sites excluding steroid dienone is 2. The number of hydrogen-bond donors (Lipinski definition) is 2. The highest BCUT2D eigenvalue weighted by Gasteiger charge is 2.35. The van der Waals surface area contributed by atoms with Crippen LogP contribution in [0.1, 0.15) is 36.1 Å². The molecule has 48 heavy (non-hydrogen) atoms. The second kappa shape index (κ2) is 14.4. The average molecular weight is 627 g/mol. The van der Waals surface area contributed by atoms with Crippen LogP contribution in [0.15, 0.2) is 132 Å². The van der Waals surface area contributed by atoms with Gasteiger partial charge in [0.1, 0.15) is 0 Å². The normalized spacial score (nSPS) is 24.5. The van der Waals surface area contributed by atoms with Crippen LogP contribution in [0, 0.1) is 59.2 Å². The maximum Gasteiger partial charge on any atom is 0.216 e. The third-order valence-electron chi connectivity index (χ3n) is 7.85. The molecule has 0 heterocycles. The van der Waals surface area contributed by atoms with Crippen LogP contribution in [-0.2, 0) is 31.9 Å². The van der Waals surface area contributed by atoms with E-state index in [1.54, 1.807) is 48.5 Å². The molecule has 0 aromatic heterocycles. The molecule has 0 saturated heterocycles. The number of rotatable bonds is 6. The summed E-state index contributed by atoms with van der Waals surface area (Å²) in [5.74, 6) is 30.8. The van der Waals surface area contributed by atoms with Crippen molar-refractivity contribution >= 4 is 0 Å². The van der Waals surface area contributed by atoms with Gasteiger partial charge in [0, 0.05) is 36.5 Å². The molecule has 1 aliphatic rings. The Bertz CT molecular complexity index is 1970. The molecule has 0 saturated carbocycles. The Kier molecular flexibility index (Phi) is 10.1. The zero-order valence-corrected chi connectivity index (χ0v) is 27.3. The molecule has 234 valence electrons. The lowest BCUT2D eigenvalue weighted by Gasteiger charge is -2.26. The molecule has 0 fully saturated rings. The first-order chi connectivity index (χ1) is 23.2. The van der Waals surface area contributed by atoms with E-state index in [1.165, 1.54) is 14.2 Å². The molecule has 0 radical (unpaired) electrons. The molecule has 4 atom stereocenters. The predicted octanol–water partition coefficient (Wildman–Crippen LogP) is 6.21. The van der Waals surface area contributed by atoms with Gasteiger partial charge in [-0.15, -0.1) is 0 Å². The van der Waals surface area contributed by atoms with Crippen LogP contribution in [-0.4, -0.2) is 24.4 Å². The maximum absolute atomic E-state index is 12.2. The summed E-state index contributed by atoms with van der Waals surface area (Å²) < 4.78 is 12.3. The molecule has 0 spiro atoms. The molecule has 4 aromatic carbocycles. The monoisotopic (exact) mass is 626 g/mol. The van der Waals surface area contributed by atoms with E-state index in [2.05, 4.69) is 59.2 Å². The highest BCUT2D eigenvalue weighted by atomic mass is 16.5. The van der Waals surface area contributed by atoms with E-state index in [-0.39, 0.29) is 0 Å². The van der Waals surface area contributed by atoms with E-state index in [0.29, 0.717) is 27.8 Å². The van der Waals surface area contributed by atoms with Gasteiger partial charge in [-0.1, -0.05) is 139 Å². The lowest BCUT2D eigenvalue weighted by molar-refractivity contribution is 0.0789. The molecule has 4 aromatic rings. The fourth-order valence-electron chi connectivity index (χ4n) is 4.97. The van der Waals surface area contributed by atoms with Crippen LogP contribution in [0.2, 0.25) is 0 Å². The molecule has 0 bridgehead atoms. The van der Waals surface area contributed by atoms with Crippen LogP contribution in [0.5, 0.6) is 0 Å². The van der Waals surface area contributed by atoms with Gasteiger partial charge in [0.25, 0.3) is 0 Å². The van der Waals surface area contributed by atoms with E-state index in [9.17, 15) is 10.2 Å². The predicted molar refractivity (Wildman–Crippen MR) is 188 cm³/mol. The number of ether oxygens (including phenoxy) is 2. The maximum atomic E-state index is 12.2. The number of aliphatic hydroxyl groups is 2. The van der Waals surface area contributed by atoms with Gasteiger partial charge < -0.3 is 19.7 Å². The van der Waals surface area contributed by atoms with Crippen LogP contribution in [0.3, 0.4) is 0 Å². The summed E-state index contributed by atoms with van der Waals surface area (Å²) in [4.78, 5) is 0. The van der Waals surface area contributed by atoms with Crippen molar-refractivity contribution in [3.05, 3.63) is 155 Å². The van der Waals surface area contributed by atoms with E-state index in [4.69, 9.17) is 9.47 Å². The highest BCUT2D eigenvalue weighted by Crippen LogP contribution is 2.31. The first-order valence-electron chi connectivity index (χ1n) is 15.3. The van der Waals surface area contributed by atoms with Gasteiger partial charge in [0.05, 0.1) is 5.57 Å². The molecule has 5 rings (SSSR count). The molecular weight excluding hydrogens is 592 g/mol. The topological polar surface area (TPSA) is 58.9 Å². The van der Waals surface area contributed by atoms with Crippen molar-refractivity contribution in [2.24, 2.45) is 0 Å². The fourth-order valence-corrected chi connectivity index (χ4v) is 4.97. The van der Waals surface area contributed by atoms with Gasteiger partial charge in [-0.25, -0.2) is 0 Å². The lowest BCUT2D eigenvalue weighted by Crippen LogP contribution is -2.31. The van der Waals surface area contributed by atoms with Gasteiger partial charge >= 0.3 is 0 Å². The second-order valence-electron chi connectivity index (χ2n) is 11.3. The zero-order valence-electron chi connectivity index (χ0n) is 27.3. The lowest BCUT2D eigenvalue weighted by atomic mass is 9.87. The summed E-state index contributed by atoms with van der Waals surface area (Å²) in [5.41, 5.74) is -3.67. The van der Waals surface area contributed by atoms with E-state index in [0.717, 1.165) is 5.57 Å². The second-order valence-corrected chi connectivity index (χ2v) is 11.3. The summed E-state index contributed by atoms with van der Waals surface area (Å²) in [6.45, 7) is 3.72. The third-order valence-corrected chi connectivity index (χ3v) is 7.85. The van der Waals surface area contributed by atoms with Crippen LogP contribution in [0.4, 0.5) is 0 Å². The highest BCUT2D eigenvalue weighted by molar-refractivity contribution is 5.57. The first kappa shape index (κ1) is 33.6. The van der Waals surface area contributed by atoms with Crippen molar-refractivity contribution in [3.63, 3.8) is 0 Å². The van der Waals surface area contributed by atoms with Gasteiger partial charge in [-0.2, -0.15) is 0 Å². The molecule has 4 heteroatoms. The molecular formula is C44H34O4. The van der Waals surface area contributed by atoms with Crippen molar-refractivity contribution < 1.29 is 19.7 Å². The van der Waals surface area contributed by atoms with E-state index in [1.807, 2.05) is 86.6 Å². The standard InChI is InChI=1S/C44H34O4/c1-35(2)36-25-27-41(45,37-17-9-5-10-18-37)29-31-43(47-3,39-21-13-7-14-22-39)33-34-44(48-4,40-23-15-8-16-24-40)32-30-42(46,28-26-36)38-19-11-6-12-20-38/h5-24,45-46H,1-4H3. The largest absolute Gasteiger partial charge is 0.364 e. The third kappa shape index (κ3) is 7.13. The molecule has 4 unspecified atom stereocenters. The fraction of sp³-hybridized carbons (Fsp3) is 0.182. The van der Waals surface area contributed by atoms with Crippen molar-refractivity contribution in [2.45, 2.75) is 36.3 Å². The van der Waals surface area contributed by atoms with Crippen LogP contribution >= 0.6 is 0 Å². The molecule has 2 N–H and O–H groups in total. The minimum absolute atomic E-state index is 0.399. The van der Waals surface area contributed by atoms with E-state index >= 15 is 0 Å². The average Bonchev–Trinajstić information content (AvgIpc) is 3.14. The number of hydrogen-bond acceptors (Lipinski definition) is 4. The van der Waals surface area contributed by atoms with E-state index < -0.39 is 22.4 Å². The van der Waals surface area contributed by atoms with Gasteiger partial charge in [0.2, 0.25) is 22.4 Å². The smallest absolute Gasteiger partial charge is 0.216 e. The Morgan fingerprint density at radius 3 is 1.02 bits per heavy atom. The number of benzene rings is 4. The van der Waals surface area contributed by atoms with Gasteiger partial charge in [-0.3, -0.25) is 0 Å². The quantitative estimate of drug-likeness (QED) is 0.250. The summed E-state index contributed by atoms with van der Waals surface area (Å²) in [7, 11) is 3.01. The van der Waals surface area contributed by atoms with Crippen LogP contribution in [0.25, 0.3) is 0 Å². The Labute approximate surface area is 283 Å². The summed E-state index contributed by atoms with van der Waals surface area (Å²) >= 11 is 0. The molecule has 0 amide bonds. The summed E-state index contributed by atoms with van der Waals surface area (Å²) in [6, 6.07) is 36.5. The molecule has 1 aliphatic carbocycles. The Hall–Kier alpha value is -5.74. The minimum Gasteiger partial charge on any atom is -0.364 e. The zero-order chi connectivity index (χ0) is 34.1. The van der Waals surface area contributed by atoms with Crippen molar-refractivity contribution in [1.82, 2.24) is 0 Å².